The second-order valence-electron chi connectivity index (χ2n) is 5.32. The van der Waals surface area contributed by atoms with Crippen molar-refractivity contribution in [1.82, 2.24) is 9.97 Å². The Morgan fingerprint density at radius 2 is 1.80 bits per heavy atom. The molecule has 1 heterocycles. The van der Waals surface area contributed by atoms with E-state index in [0.717, 1.165) is 11.4 Å². The van der Waals surface area contributed by atoms with E-state index < -0.39 is 0 Å². The Morgan fingerprint density at radius 1 is 1.27 bits per heavy atom. The second-order valence-corrected chi connectivity index (χ2v) is 5.32. The van der Waals surface area contributed by atoms with Gasteiger partial charge in [-0.05, 0) is 6.92 Å². The standard InChI is InChI=1S/C12H20N2O/c1-7(2)9-11(15)14-10(8(3)13-9)12(4,5)6/h7H,1-6H3,(H,14,15). The number of aromatic nitrogens is 2. The third kappa shape index (κ3) is 2.46. The lowest BCUT2D eigenvalue weighted by Gasteiger charge is -2.21. The van der Waals surface area contributed by atoms with Gasteiger partial charge in [0, 0.05) is 17.0 Å². The maximum atomic E-state index is 11.8. The Labute approximate surface area is 91.0 Å². The van der Waals surface area contributed by atoms with E-state index in [9.17, 15) is 4.79 Å². The molecule has 0 unspecified atom stereocenters. The fraction of sp³-hybridized carbons (Fsp3) is 0.667. The van der Waals surface area contributed by atoms with Gasteiger partial charge in [0.15, 0.2) is 0 Å². The van der Waals surface area contributed by atoms with Crippen molar-refractivity contribution in [1.29, 1.82) is 0 Å². The zero-order valence-electron chi connectivity index (χ0n) is 10.4. The van der Waals surface area contributed by atoms with Crippen LogP contribution < -0.4 is 5.56 Å². The van der Waals surface area contributed by atoms with Gasteiger partial charge in [0.1, 0.15) is 5.69 Å². The predicted molar refractivity (Wildman–Crippen MR) is 62.4 cm³/mol. The van der Waals surface area contributed by atoms with E-state index in [1.807, 2.05) is 20.8 Å². The van der Waals surface area contributed by atoms with Crippen LogP contribution in [0.15, 0.2) is 4.79 Å². The molecule has 0 aliphatic heterocycles. The number of aromatic amines is 1. The van der Waals surface area contributed by atoms with Crippen LogP contribution in [-0.2, 0) is 5.41 Å². The summed E-state index contributed by atoms with van der Waals surface area (Å²) in [7, 11) is 0. The fourth-order valence-electron chi connectivity index (χ4n) is 1.68. The lowest BCUT2D eigenvalue weighted by Crippen LogP contribution is -2.26. The third-order valence-corrected chi connectivity index (χ3v) is 2.42. The van der Waals surface area contributed by atoms with Crippen LogP contribution in [0.2, 0.25) is 0 Å². The maximum absolute atomic E-state index is 11.8. The molecule has 0 fully saturated rings. The van der Waals surface area contributed by atoms with Crippen molar-refractivity contribution in [2.24, 2.45) is 0 Å². The highest BCUT2D eigenvalue weighted by atomic mass is 16.1. The molecule has 1 N–H and O–H groups in total. The highest BCUT2D eigenvalue weighted by Gasteiger charge is 2.20. The Balaban J connectivity index is 3.39. The molecule has 84 valence electrons. The Bertz CT molecular complexity index is 411. The Kier molecular flexibility index (Phi) is 3.03. The molecule has 3 heteroatoms. The molecule has 3 nitrogen and oxygen atoms in total. The highest BCUT2D eigenvalue weighted by Crippen LogP contribution is 2.21. The van der Waals surface area contributed by atoms with Gasteiger partial charge in [0.2, 0.25) is 0 Å². The summed E-state index contributed by atoms with van der Waals surface area (Å²) >= 11 is 0. The molecule has 0 atom stereocenters. The van der Waals surface area contributed by atoms with Gasteiger partial charge in [-0.25, -0.2) is 0 Å². The average Bonchev–Trinajstić information content (AvgIpc) is 2.06. The molecule has 0 spiro atoms. The number of nitrogens with one attached hydrogen (secondary N) is 1. The normalized spacial score (nSPS) is 12.2. The first-order valence-electron chi connectivity index (χ1n) is 5.34. The Hall–Kier alpha value is -1.12. The summed E-state index contributed by atoms with van der Waals surface area (Å²) in [5, 5.41) is 0. The first-order chi connectivity index (χ1) is 6.73. The number of hydrogen-bond donors (Lipinski definition) is 1. The smallest absolute Gasteiger partial charge is 0.270 e. The monoisotopic (exact) mass is 208 g/mol. The van der Waals surface area contributed by atoms with Gasteiger partial charge in [-0.3, -0.25) is 9.78 Å². The summed E-state index contributed by atoms with van der Waals surface area (Å²) < 4.78 is 0. The van der Waals surface area contributed by atoms with E-state index in [4.69, 9.17) is 0 Å². The summed E-state index contributed by atoms with van der Waals surface area (Å²) in [6.07, 6.45) is 0. The van der Waals surface area contributed by atoms with Gasteiger partial charge in [0.25, 0.3) is 5.56 Å². The molecule has 0 amide bonds. The summed E-state index contributed by atoms with van der Waals surface area (Å²) in [6.45, 7) is 12.1. The summed E-state index contributed by atoms with van der Waals surface area (Å²) in [4.78, 5) is 19.1. The number of rotatable bonds is 1. The summed E-state index contributed by atoms with van der Waals surface area (Å²) in [6, 6.07) is 0. The molecule has 0 aromatic carbocycles. The minimum atomic E-state index is -0.0637. The largest absolute Gasteiger partial charge is 0.322 e. The van der Waals surface area contributed by atoms with E-state index in [1.54, 1.807) is 0 Å². The average molecular weight is 208 g/mol. The van der Waals surface area contributed by atoms with Crippen LogP contribution in [-0.4, -0.2) is 9.97 Å². The zero-order chi connectivity index (χ0) is 11.8. The molecule has 0 saturated heterocycles. The topological polar surface area (TPSA) is 45.8 Å². The van der Waals surface area contributed by atoms with Gasteiger partial charge in [-0.1, -0.05) is 34.6 Å². The van der Waals surface area contributed by atoms with Crippen molar-refractivity contribution in [3.05, 3.63) is 27.4 Å². The third-order valence-electron chi connectivity index (χ3n) is 2.42. The van der Waals surface area contributed by atoms with Crippen LogP contribution in [0.1, 0.15) is 57.6 Å². The minimum Gasteiger partial charge on any atom is -0.322 e. The van der Waals surface area contributed by atoms with E-state index in [1.165, 1.54) is 0 Å². The van der Waals surface area contributed by atoms with Crippen LogP contribution >= 0.6 is 0 Å². The zero-order valence-corrected chi connectivity index (χ0v) is 10.4. The summed E-state index contributed by atoms with van der Waals surface area (Å²) in [5.74, 6) is 0.168. The number of hydrogen-bond acceptors (Lipinski definition) is 2. The lowest BCUT2D eigenvalue weighted by atomic mass is 9.90. The van der Waals surface area contributed by atoms with Gasteiger partial charge in [-0.2, -0.15) is 0 Å². The van der Waals surface area contributed by atoms with Crippen LogP contribution in [0.3, 0.4) is 0 Å². The molecule has 1 rings (SSSR count). The molecule has 1 aromatic rings. The van der Waals surface area contributed by atoms with Gasteiger partial charge in [0.05, 0.1) is 5.69 Å². The molecular weight excluding hydrogens is 188 g/mol. The van der Waals surface area contributed by atoms with Crippen molar-refractivity contribution in [2.45, 2.75) is 52.9 Å². The van der Waals surface area contributed by atoms with E-state index in [-0.39, 0.29) is 16.9 Å². The first kappa shape index (κ1) is 12.0. The van der Waals surface area contributed by atoms with Gasteiger partial charge < -0.3 is 4.98 Å². The Morgan fingerprint density at radius 3 is 2.20 bits per heavy atom. The van der Waals surface area contributed by atoms with Crippen LogP contribution in [0, 0.1) is 6.92 Å². The van der Waals surface area contributed by atoms with Crippen LogP contribution in [0.5, 0.6) is 0 Å². The molecule has 0 saturated carbocycles. The van der Waals surface area contributed by atoms with Crippen molar-refractivity contribution in [3.8, 4) is 0 Å². The van der Waals surface area contributed by atoms with Crippen molar-refractivity contribution < 1.29 is 0 Å². The predicted octanol–water partition coefficient (Wildman–Crippen LogP) is 2.50. The van der Waals surface area contributed by atoms with Gasteiger partial charge in [-0.15, -0.1) is 0 Å². The fourth-order valence-corrected chi connectivity index (χ4v) is 1.68. The molecular formula is C12H20N2O. The molecule has 0 aliphatic rings. The number of nitrogens with zero attached hydrogens (tertiary/aromatic N) is 1. The maximum Gasteiger partial charge on any atom is 0.270 e. The lowest BCUT2D eigenvalue weighted by molar-refractivity contribution is 0.553. The molecule has 15 heavy (non-hydrogen) atoms. The number of aryl methyl sites for hydroxylation is 1. The molecule has 1 aromatic heterocycles. The minimum absolute atomic E-state index is 0.0551. The van der Waals surface area contributed by atoms with Crippen molar-refractivity contribution in [2.75, 3.05) is 0 Å². The second kappa shape index (κ2) is 3.80. The van der Waals surface area contributed by atoms with Crippen LogP contribution in [0.4, 0.5) is 0 Å². The quantitative estimate of drug-likeness (QED) is 0.770. The van der Waals surface area contributed by atoms with E-state index in [0.29, 0.717) is 5.69 Å². The van der Waals surface area contributed by atoms with Crippen LogP contribution in [0.25, 0.3) is 0 Å². The highest BCUT2D eigenvalue weighted by molar-refractivity contribution is 5.20. The molecule has 0 bridgehead atoms. The van der Waals surface area contributed by atoms with E-state index in [2.05, 4.69) is 30.7 Å². The van der Waals surface area contributed by atoms with Gasteiger partial charge >= 0.3 is 0 Å². The SMILES string of the molecule is Cc1nc(C(C)C)c(=O)[nH]c1C(C)(C)C. The number of H-pyrrole nitrogens is 1. The van der Waals surface area contributed by atoms with Crippen molar-refractivity contribution >= 4 is 0 Å². The first-order valence-corrected chi connectivity index (χ1v) is 5.34. The summed E-state index contributed by atoms with van der Waals surface area (Å²) in [5.41, 5.74) is 2.36. The van der Waals surface area contributed by atoms with E-state index >= 15 is 0 Å². The van der Waals surface area contributed by atoms with Crippen molar-refractivity contribution in [3.63, 3.8) is 0 Å². The molecule has 0 aliphatic carbocycles. The molecule has 0 radical (unpaired) electrons.